The van der Waals surface area contributed by atoms with E-state index in [0.717, 1.165) is 23.4 Å². The fraction of sp³-hybridized carbons (Fsp3) is 0.364. The van der Waals surface area contributed by atoms with E-state index >= 15 is 0 Å². The normalized spacial score (nSPS) is 18.0. The summed E-state index contributed by atoms with van der Waals surface area (Å²) in [6.07, 6.45) is -0.0472. The number of rotatable bonds is 8. The van der Waals surface area contributed by atoms with Crippen molar-refractivity contribution in [1.29, 1.82) is 0 Å². The second kappa shape index (κ2) is 10.0. The van der Waals surface area contributed by atoms with Gasteiger partial charge in [-0.1, -0.05) is 25.1 Å². The number of hydrogen-bond donors (Lipinski definition) is 4. The number of fused-ring (bicyclic) bond motifs is 1. The number of benzene rings is 2. The molecule has 0 saturated heterocycles. The van der Waals surface area contributed by atoms with Crippen molar-refractivity contribution in [3.63, 3.8) is 0 Å². The molecule has 0 fully saturated rings. The maximum Gasteiger partial charge on any atom is 0.404 e. The number of hydrogen-bond acceptors (Lipinski definition) is 5. The fourth-order valence-corrected chi connectivity index (χ4v) is 4.90. The maximum atomic E-state index is 12.5. The number of carbonyl (C=O) groups is 2. The van der Waals surface area contributed by atoms with Gasteiger partial charge in [-0.15, -0.1) is 0 Å². The number of sulfonamides is 1. The average Bonchev–Trinajstić information content (AvgIpc) is 2.77. The number of amides is 2. The molecule has 0 saturated carbocycles. The standard InChI is InChI=1S/C22H28N4O5S/c1-3-21(27)26-15(2)14-19(18-6-4-5-7-20(18)26)25-16-8-10-17(11-9-16)32(30,31)24-13-12-23-22(28)29/h4-11,15,19,23-25H,3,12-14H2,1-2H3,(H,28,29)/t15-,19+/m0/s1. The minimum absolute atomic E-state index is 0.0228. The summed E-state index contributed by atoms with van der Waals surface area (Å²) >= 11 is 0. The molecule has 1 aliphatic rings. The van der Waals surface area contributed by atoms with Crippen LogP contribution in [-0.4, -0.2) is 44.7 Å². The van der Waals surface area contributed by atoms with Gasteiger partial charge in [0.1, 0.15) is 0 Å². The predicted octanol–water partition coefficient (Wildman–Crippen LogP) is 2.92. The Morgan fingerprint density at radius 3 is 2.44 bits per heavy atom. The zero-order valence-electron chi connectivity index (χ0n) is 18.0. The molecule has 32 heavy (non-hydrogen) atoms. The Morgan fingerprint density at radius 1 is 1.09 bits per heavy atom. The molecule has 2 atom stereocenters. The highest BCUT2D eigenvalue weighted by Gasteiger charge is 2.32. The topological polar surface area (TPSA) is 128 Å². The van der Waals surface area contributed by atoms with Crippen LogP contribution < -0.4 is 20.3 Å². The van der Waals surface area contributed by atoms with E-state index in [9.17, 15) is 18.0 Å². The number of nitrogens with one attached hydrogen (secondary N) is 3. The minimum atomic E-state index is -3.74. The van der Waals surface area contributed by atoms with E-state index in [1.807, 2.05) is 43.0 Å². The Morgan fingerprint density at radius 2 is 1.78 bits per heavy atom. The van der Waals surface area contributed by atoms with Gasteiger partial charge in [-0.3, -0.25) is 4.79 Å². The van der Waals surface area contributed by atoms with E-state index < -0.39 is 16.1 Å². The lowest BCUT2D eigenvalue weighted by Crippen LogP contribution is -2.44. The number of anilines is 2. The molecule has 4 N–H and O–H groups in total. The van der Waals surface area contributed by atoms with Gasteiger partial charge in [0, 0.05) is 36.9 Å². The van der Waals surface area contributed by atoms with Crippen LogP contribution in [0, 0.1) is 0 Å². The Bertz CT molecular complexity index is 1070. The van der Waals surface area contributed by atoms with Crippen LogP contribution in [0.5, 0.6) is 0 Å². The molecular formula is C22H28N4O5S. The summed E-state index contributed by atoms with van der Waals surface area (Å²) in [6, 6.07) is 14.2. The van der Waals surface area contributed by atoms with E-state index in [-0.39, 0.29) is 36.0 Å². The van der Waals surface area contributed by atoms with Gasteiger partial charge in [-0.05, 0) is 49.2 Å². The highest BCUT2D eigenvalue weighted by molar-refractivity contribution is 7.89. The van der Waals surface area contributed by atoms with Gasteiger partial charge in [-0.2, -0.15) is 0 Å². The molecule has 0 radical (unpaired) electrons. The zero-order chi connectivity index (χ0) is 23.3. The molecule has 9 nitrogen and oxygen atoms in total. The highest BCUT2D eigenvalue weighted by Crippen LogP contribution is 2.39. The molecule has 2 aromatic carbocycles. The molecule has 0 aromatic heterocycles. The number of para-hydroxylation sites is 1. The predicted molar refractivity (Wildman–Crippen MR) is 122 cm³/mol. The SMILES string of the molecule is CCC(=O)N1c2ccccc2[C@H](Nc2ccc(S(=O)(=O)NCCNC(=O)O)cc2)C[C@@H]1C. The smallest absolute Gasteiger partial charge is 0.404 e. The van der Waals surface area contributed by atoms with Crippen molar-refractivity contribution in [3.05, 3.63) is 54.1 Å². The Hall–Kier alpha value is -3.11. The first-order valence-corrected chi connectivity index (χ1v) is 11.9. The van der Waals surface area contributed by atoms with Crippen molar-refractivity contribution >= 4 is 33.4 Å². The van der Waals surface area contributed by atoms with Gasteiger partial charge in [0.2, 0.25) is 15.9 Å². The van der Waals surface area contributed by atoms with Gasteiger partial charge >= 0.3 is 6.09 Å². The monoisotopic (exact) mass is 460 g/mol. The van der Waals surface area contributed by atoms with Crippen molar-refractivity contribution in [2.75, 3.05) is 23.3 Å². The third-order valence-corrected chi connectivity index (χ3v) is 6.84. The third kappa shape index (κ3) is 5.38. The van der Waals surface area contributed by atoms with Gasteiger partial charge in [0.05, 0.1) is 10.9 Å². The zero-order valence-corrected chi connectivity index (χ0v) is 18.9. The third-order valence-electron chi connectivity index (χ3n) is 5.36. The largest absolute Gasteiger partial charge is 0.465 e. The van der Waals surface area contributed by atoms with E-state index in [1.54, 1.807) is 12.1 Å². The van der Waals surface area contributed by atoms with E-state index in [0.29, 0.717) is 6.42 Å². The van der Waals surface area contributed by atoms with Crippen molar-refractivity contribution < 1.29 is 23.1 Å². The molecule has 3 rings (SSSR count). The first-order valence-electron chi connectivity index (χ1n) is 10.5. The first-order chi connectivity index (χ1) is 15.2. The van der Waals surface area contributed by atoms with Crippen LogP contribution in [0.2, 0.25) is 0 Å². The summed E-state index contributed by atoms with van der Waals surface area (Å²) < 4.78 is 27.1. The Labute approximate surface area is 187 Å². The summed E-state index contributed by atoms with van der Waals surface area (Å²) in [7, 11) is -3.74. The molecular weight excluding hydrogens is 432 g/mol. The van der Waals surface area contributed by atoms with Gasteiger partial charge < -0.3 is 20.6 Å². The molecule has 2 aromatic rings. The van der Waals surface area contributed by atoms with Crippen LogP contribution in [0.4, 0.5) is 16.2 Å². The summed E-state index contributed by atoms with van der Waals surface area (Å²) in [5.74, 6) is 0.0871. The van der Waals surface area contributed by atoms with Crippen LogP contribution in [0.3, 0.4) is 0 Å². The molecule has 0 aliphatic carbocycles. The number of carboxylic acid groups (broad SMARTS) is 1. The molecule has 0 unspecified atom stereocenters. The summed E-state index contributed by atoms with van der Waals surface area (Å²) in [5.41, 5.74) is 2.68. The summed E-state index contributed by atoms with van der Waals surface area (Å²) in [6.45, 7) is 3.82. The molecule has 172 valence electrons. The lowest BCUT2D eigenvalue weighted by Gasteiger charge is -2.40. The minimum Gasteiger partial charge on any atom is -0.465 e. The Kier molecular flexibility index (Phi) is 7.37. The molecule has 2 amide bonds. The Balaban J connectivity index is 1.72. The van der Waals surface area contributed by atoms with Crippen LogP contribution in [0.1, 0.15) is 38.3 Å². The summed E-state index contributed by atoms with van der Waals surface area (Å²) in [4.78, 5) is 24.9. The van der Waals surface area contributed by atoms with E-state index in [2.05, 4.69) is 15.4 Å². The second-order valence-electron chi connectivity index (χ2n) is 7.61. The van der Waals surface area contributed by atoms with Gasteiger partial charge in [-0.25, -0.2) is 17.9 Å². The molecule has 0 bridgehead atoms. The molecule has 1 aliphatic heterocycles. The first kappa shape index (κ1) is 23.6. The maximum absolute atomic E-state index is 12.5. The fourth-order valence-electron chi connectivity index (χ4n) is 3.87. The lowest BCUT2D eigenvalue weighted by atomic mass is 9.91. The van der Waals surface area contributed by atoms with Crippen molar-refractivity contribution in [2.45, 2.75) is 43.7 Å². The molecule has 1 heterocycles. The molecule has 0 spiro atoms. The van der Waals surface area contributed by atoms with Crippen LogP contribution in [0.15, 0.2) is 53.4 Å². The summed E-state index contributed by atoms with van der Waals surface area (Å²) in [5, 5.41) is 14.1. The van der Waals surface area contributed by atoms with Crippen LogP contribution >= 0.6 is 0 Å². The van der Waals surface area contributed by atoms with Crippen LogP contribution in [0.25, 0.3) is 0 Å². The van der Waals surface area contributed by atoms with E-state index in [4.69, 9.17) is 5.11 Å². The van der Waals surface area contributed by atoms with Crippen molar-refractivity contribution in [1.82, 2.24) is 10.0 Å². The van der Waals surface area contributed by atoms with Crippen molar-refractivity contribution in [2.24, 2.45) is 0 Å². The van der Waals surface area contributed by atoms with Gasteiger partial charge in [0.15, 0.2) is 0 Å². The molecule has 10 heteroatoms. The highest BCUT2D eigenvalue weighted by atomic mass is 32.2. The average molecular weight is 461 g/mol. The second-order valence-corrected chi connectivity index (χ2v) is 9.38. The number of nitrogens with zero attached hydrogens (tertiary/aromatic N) is 1. The lowest BCUT2D eigenvalue weighted by molar-refractivity contribution is -0.118. The number of carbonyl (C=O) groups excluding carboxylic acids is 1. The van der Waals surface area contributed by atoms with E-state index in [1.165, 1.54) is 12.1 Å². The quantitative estimate of drug-likeness (QED) is 0.449. The van der Waals surface area contributed by atoms with Gasteiger partial charge in [0.25, 0.3) is 0 Å². The van der Waals surface area contributed by atoms with Crippen molar-refractivity contribution in [3.8, 4) is 0 Å². The van der Waals surface area contributed by atoms with Crippen LogP contribution in [-0.2, 0) is 14.8 Å².